The van der Waals surface area contributed by atoms with Crippen LogP contribution in [-0.4, -0.2) is 22.9 Å². The minimum atomic E-state index is -0.385. The SMILES string of the molecule is C/C=C(\C(=O)OC)c1c(C)cccc1Oc1cn(C)nc1C. The third kappa shape index (κ3) is 3.03. The van der Waals surface area contributed by atoms with E-state index in [0.29, 0.717) is 17.1 Å². The third-order valence-corrected chi connectivity index (χ3v) is 3.39. The second kappa shape index (κ2) is 6.47. The Balaban J connectivity index is 2.51. The second-order valence-corrected chi connectivity index (χ2v) is 5.00. The zero-order chi connectivity index (χ0) is 16.3. The number of allylic oxidation sites excluding steroid dienone is 1. The van der Waals surface area contributed by atoms with Crippen LogP contribution in [0.2, 0.25) is 0 Å². The van der Waals surface area contributed by atoms with Crippen LogP contribution in [0.4, 0.5) is 0 Å². The van der Waals surface area contributed by atoms with E-state index in [9.17, 15) is 4.79 Å². The van der Waals surface area contributed by atoms with Crippen molar-refractivity contribution in [1.29, 1.82) is 0 Å². The minimum absolute atomic E-state index is 0.385. The number of aromatic nitrogens is 2. The van der Waals surface area contributed by atoms with Crippen molar-refractivity contribution in [2.45, 2.75) is 20.8 Å². The summed E-state index contributed by atoms with van der Waals surface area (Å²) in [6.45, 7) is 5.62. The topological polar surface area (TPSA) is 53.4 Å². The van der Waals surface area contributed by atoms with Crippen molar-refractivity contribution in [2.75, 3.05) is 7.11 Å². The predicted octanol–water partition coefficient (Wildman–Crippen LogP) is 3.41. The fourth-order valence-corrected chi connectivity index (χ4v) is 2.34. The number of aryl methyl sites for hydroxylation is 3. The highest BCUT2D eigenvalue weighted by atomic mass is 16.5. The van der Waals surface area contributed by atoms with E-state index in [-0.39, 0.29) is 5.97 Å². The molecule has 0 saturated carbocycles. The van der Waals surface area contributed by atoms with Crippen molar-refractivity contribution < 1.29 is 14.3 Å². The zero-order valence-electron chi connectivity index (χ0n) is 13.5. The summed E-state index contributed by atoms with van der Waals surface area (Å²) in [5.41, 5.74) is 2.95. The number of rotatable bonds is 4. The number of methoxy groups -OCH3 is 1. The summed E-state index contributed by atoms with van der Waals surface area (Å²) in [6.07, 6.45) is 3.53. The van der Waals surface area contributed by atoms with Gasteiger partial charge in [0, 0.05) is 12.6 Å². The molecule has 0 atom stereocenters. The average molecular weight is 300 g/mol. The molecule has 0 saturated heterocycles. The molecule has 0 aliphatic carbocycles. The minimum Gasteiger partial charge on any atom is -0.465 e. The molecule has 0 amide bonds. The van der Waals surface area contributed by atoms with Crippen LogP contribution in [0.15, 0.2) is 30.5 Å². The van der Waals surface area contributed by atoms with Gasteiger partial charge in [0.15, 0.2) is 5.75 Å². The first-order valence-electron chi connectivity index (χ1n) is 7.00. The van der Waals surface area contributed by atoms with Crippen molar-refractivity contribution >= 4 is 11.5 Å². The molecule has 5 heteroatoms. The van der Waals surface area contributed by atoms with Gasteiger partial charge in [-0.05, 0) is 32.4 Å². The Morgan fingerprint density at radius 3 is 2.55 bits per heavy atom. The van der Waals surface area contributed by atoms with Crippen molar-refractivity contribution in [2.24, 2.45) is 7.05 Å². The van der Waals surface area contributed by atoms with Gasteiger partial charge < -0.3 is 9.47 Å². The summed E-state index contributed by atoms with van der Waals surface area (Å²) < 4.78 is 12.5. The normalized spacial score (nSPS) is 11.4. The van der Waals surface area contributed by atoms with E-state index in [4.69, 9.17) is 9.47 Å². The van der Waals surface area contributed by atoms with Crippen LogP contribution >= 0.6 is 0 Å². The molecule has 0 fully saturated rings. The fourth-order valence-electron chi connectivity index (χ4n) is 2.34. The van der Waals surface area contributed by atoms with E-state index in [1.165, 1.54) is 7.11 Å². The van der Waals surface area contributed by atoms with Gasteiger partial charge in [-0.25, -0.2) is 4.79 Å². The molecule has 5 nitrogen and oxygen atoms in total. The molecule has 116 valence electrons. The number of esters is 1. The summed E-state index contributed by atoms with van der Waals surface area (Å²) >= 11 is 0. The molecule has 1 aromatic heterocycles. The van der Waals surface area contributed by atoms with Crippen LogP contribution in [0.25, 0.3) is 5.57 Å². The highest BCUT2D eigenvalue weighted by Gasteiger charge is 2.19. The first-order valence-corrected chi connectivity index (χ1v) is 7.00. The summed E-state index contributed by atoms with van der Waals surface area (Å²) in [5, 5.41) is 4.26. The van der Waals surface area contributed by atoms with Crippen LogP contribution in [0.5, 0.6) is 11.5 Å². The summed E-state index contributed by atoms with van der Waals surface area (Å²) in [5.74, 6) is 0.883. The fraction of sp³-hybridized carbons (Fsp3) is 0.294. The Bertz CT molecular complexity index is 730. The lowest BCUT2D eigenvalue weighted by molar-refractivity contribution is -0.133. The molecule has 0 unspecified atom stereocenters. The van der Waals surface area contributed by atoms with Crippen LogP contribution in [0, 0.1) is 13.8 Å². The molecule has 0 radical (unpaired) electrons. The van der Waals surface area contributed by atoms with E-state index in [1.807, 2.05) is 39.1 Å². The molecule has 0 aliphatic heterocycles. The summed E-state index contributed by atoms with van der Waals surface area (Å²) in [7, 11) is 3.21. The maximum Gasteiger partial charge on any atom is 0.338 e. The maximum atomic E-state index is 12.0. The number of hydrogen-bond acceptors (Lipinski definition) is 4. The number of benzene rings is 1. The predicted molar refractivity (Wildman–Crippen MR) is 84.9 cm³/mol. The second-order valence-electron chi connectivity index (χ2n) is 5.00. The first-order chi connectivity index (χ1) is 10.5. The molecule has 0 N–H and O–H groups in total. The zero-order valence-corrected chi connectivity index (χ0v) is 13.5. The van der Waals surface area contributed by atoms with Gasteiger partial charge in [0.05, 0.1) is 18.9 Å². The van der Waals surface area contributed by atoms with Crippen LogP contribution in [0.1, 0.15) is 23.7 Å². The van der Waals surface area contributed by atoms with E-state index in [1.54, 1.807) is 23.9 Å². The third-order valence-electron chi connectivity index (χ3n) is 3.39. The van der Waals surface area contributed by atoms with E-state index in [0.717, 1.165) is 16.8 Å². The van der Waals surface area contributed by atoms with E-state index in [2.05, 4.69) is 5.10 Å². The standard InChI is InChI=1S/C17H20N2O3/c1-6-13(17(20)21-5)16-11(2)8-7-9-14(16)22-15-10-19(4)18-12(15)3/h6-10H,1-5H3/b13-6-. The molecular weight excluding hydrogens is 280 g/mol. The highest BCUT2D eigenvalue weighted by molar-refractivity contribution is 6.17. The Morgan fingerprint density at radius 1 is 1.27 bits per heavy atom. The lowest BCUT2D eigenvalue weighted by Gasteiger charge is -2.14. The molecule has 2 aromatic rings. The lowest BCUT2D eigenvalue weighted by Crippen LogP contribution is -2.06. The lowest BCUT2D eigenvalue weighted by atomic mass is 9.99. The summed E-state index contributed by atoms with van der Waals surface area (Å²) in [4.78, 5) is 12.0. The first kappa shape index (κ1) is 15.8. The van der Waals surface area contributed by atoms with Crippen LogP contribution in [-0.2, 0) is 16.6 Å². The Labute approximate surface area is 130 Å². The van der Waals surface area contributed by atoms with Gasteiger partial charge in [-0.15, -0.1) is 0 Å². The number of hydrogen-bond donors (Lipinski definition) is 0. The van der Waals surface area contributed by atoms with E-state index >= 15 is 0 Å². The monoisotopic (exact) mass is 300 g/mol. The number of carbonyl (C=O) groups excluding carboxylic acids is 1. The molecule has 2 rings (SSSR count). The molecule has 1 aromatic carbocycles. The van der Waals surface area contributed by atoms with Gasteiger partial charge in [0.25, 0.3) is 0 Å². The van der Waals surface area contributed by atoms with Gasteiger partial charge in [0.1, 0.15) is 11.4 Å². The van der Waals surface area contributed by atoms with Gasteiger partial charge in [-0.2, -0.15) is 5.10 Å². The Hall–Kier alpha value is -2.56. The number of carbonyl (C=O) groups is 1. The number of nitrogens with zero attached hydrogens (tertiary/aromatic N) is 2. The molecule has 0 bridgehead atoms. The molecule has 0 spiro atoms. The van der Waals surface area contributed by atoms with Crippen molar-refractivity contribution in [3.05, 3.63) is 47.3 Å². The number of ether oxygens (including phenoxy) is 2. The van der Waals surface area contributed by atoms with Gasteiger partial charge in [-0.1, -0.05) is 18.2 Å². The van der Waals surface area contributed by atoms with Gasteiger partial charge in [-0.3, -0.25) is 4.68 Å². The molecule has 1 heterocycles. The molecule has 0 aliphatic rings. The van der Waals surface area contributed by atoms with Crippen molar-refractivity contribution in [3.8, 4) is 11.5 Å². The van der Waals surface area contributed by atoms with Crippen LogP contribution in [0.3, 0.4) is 0 Å². The van der Waals surface area contributed by atoms with Crippen molar-refractivity contribution in [1.82, 2.24) is 9.78 Å². The van der Waals surface area contributed by atoms with Crippen molar-refractivity contribution in [3.63, 3.8) is 0 Å². The van der Waals surface area contributed by atoms with Crippen LogP contribution < -0.4 is 4.74 Å². The summed E-state index contributed by atoms with van der Waals surface area (Å²) in [6, 6.07) is 5.66. The Kier molecular flexibility index (Phi) is 4.65. The van der Waals surface area contributed by atoms with E-state index < -0.39 is 0 Å². The Morgan fingerprint density at radius 2 is 2.00 bits per heavy atom. The largest absolute Gasteiger partial charge is 0.465 e. The quantitative estimate of drug-likeness (QED) is 0.641. The average Bonchev–Trinajstić information content (AvgIpc) is 2.80. The highest BCUT2D eigenvalue weighted by Crippen LogP contribution is 2.34. The van der Waals surface area contributed by atoms with Gasteiger partial charge >= 0.3 is 5.97 Å². The molecular formula is C17H20N2O3. The van der Waals surface area contributed by atoms with Gasteiger partial charge in [0.2, 0.25) is 0 Å². The maximum absolute atomic E-state index is 12.0. The molecule has 22 heavy (non-hydrogen) atoms. The smallest absolute Gasteiger partial charge is 0.338 e.